The summed E-state index contributed by atoms with van der Waals surface area (Å²) >= 11 is 0. The van der Waals surface area contributed by atoms with Gasteiger partial charge < -0.3 is 0 Å². The quantitative estimate of drug-likeness (QED) is 0.183. The molecule has 0 amide bonds. The summed E-state index contributed by atoms with van der Waals surface area (Å²) < 4.78 is 0. The highest BCUT2D eigenvalue weighted by Gasteiger charge is 2.52. The third-order valence-electron chi connectivity index (χ3n) is 11.9. The Morgan fingerprint density at radius 3 is 1.53 bits per heavy atom. The van der Waals surface area contributed by atoms with Crippen molar-refractivity contribution in [3.05, 3.63) is 185 Å². The molecule has 55 heavy (non-hydrogen) atoms. The molecule has 0 bridgehead atoms. The molecule has 2 aliphatic rings. The van der Waals surface area contributed by atoms with Crippen LogP contribution in [0.25, 0.3) is 67.2 Å². The summed E-state index contributed by atoms with van der Waals surface area (Å²) in [7, 11) is 0. The molecule has 0 atom stereocenters. The summed E-state index contributed by atoms with van der Waals surface area (Å²) in [6.45, 7) is 13.9. The third kappa shape index (κ3) is 5.06. The highest BCUT2D eigenvalue weighted by Crippen LogP contribution is 2.63. The van der Waals surface area contributed by atoms with E-state index < -0.39 is 5.41 Å². The molecule has 266 valence electrons. The van der Waals surface area contributed by atoms with Gasteiger partial charge in [0.1, 0.15) is 0 Å². The van der Waals surface area contributed by atoms with Gasteiger partial charge in [-0.25, -0.2) is 15.0 Å². The molecule has 10 rings (SSSR count). The predicted octanol–water partition coefficient (Wildman–Crippen LogP) is 13.0. The van der Waals surface area contributed by atoms with Gasteiger partial charge in [-0.15, -0.1) is 0 Å². The summed E-state index contributed by atoms with van der Waals surface area (Å²) in [6, 6.07) is 55.4. The lowest BCUT2D eigenvalue weighted by Crippen LogP contribution is -2.27. The molecular formula is C52H43N3. The zero-order valence-corrected chi connectivity index (χ0v) is 32.3. The van der Waals surface area contributed by atoms with Crippen molar-refractivity contribution in [2.24, 2.45) is 0 Å². The number of benzene rings is 7. The van der Waals surface area contributed by atoms with Gasteiger partial charge in [0.25, 0.3) is 0 Å². The molecule has 2 aliphatic carbocycles. The monoisotopic (exact) mass is 709 g/mol. The SMILES string of the molecule is CC(C)(C)c1ccc2c(c1)C1(c3ccccc3-c3ccc(-c4nc(-c5ccccc5)nc(-c5cccc6ccccc56)n4)cc31)c1cc(C(C)(C)C)ccc1-2. The van der Waals surface area contributed by atoms with Crippen LogP contribution in [0.2, 0.25) is 0 Å². The van der Waals surface area contributed by atoms with Gasteiger partial charge in [0.2, 0.25) is 0 Å². The molecule has 7 aromatic carbocycles. The Balaban J connectivity index is 1.27. The maximum atomic E-state index is 5.30. The molecule has 1 spiro atoms. The first-order chi connectivity index (χ1) is 26.5. The lowest BCUT2D eigenvalue weighted by atomic mass is 9.68. The fourth-order valence-electron chi connectivity index (χ4n) is 9.02. The van der Waals surface area contributed by atoms with Gasteiger partial charge in [0.15, 0.2) is 17.5 Å². The maximum Gasteiger partial charge on any atom is 0.164 e. The minimum Gasteiger partial charge on any atom is -0.208 e. The second kappa shape index (κ2) is 11.9. The van der Waals surface area contributed by atoms with Gasteiger partial charge in [-0.1, -0.05) is 187 Å². The van der Waals surface area contributed by atoms with E-state index in [0.717, 1.165) is 27.5 Å². The van der Waals surface area contributed by atoms with Crippen LogP contribution in [-0.4, -0.2) is 15.0 Å². The van der Waals surface area contributed by atoms with Gasteiger partial charge in [-0.2, -0.15) is 0 Å². The van der Waals surface area contributed by atoms with Gasteiger partial charge in [0.05, 0.1) is 5.41 Å². The van der Waals surface area contributed by atoms with Crippen LogP contribution in [0.3, 0.4) is 0 Å². The summed E-state index contributed by atoms with van der Waals surface area (Å²) in [5.41, 5.74) is 15.5. The fourth-order valence-corrected chi connectivity index (χ4v) is 9.02. The van der Waals surface area contributed by atoms with Crippen molar-refractivity contribution < 1.29 is 0 Å². The summed E-state index contributed by atoms with van der Waals surface area (Å²) in [5.74, 6) is 1.99. The second-order valence-corrected chi connectivity index (χ2v) is 17.3. The molecule has 0 unspecified atom stereocenters. The molecular weight excluding hydrogens is 667 g/mol. The second-order valence-electron chi connectivity index (χ2n) is 17.3. The van der Waals surface area contributed by atoms with Gasteiger partial charge in [0, 0.05) is 16.7 Å². The number of rotatable bonds is 3. The minimum absolute atomic E-state index is 0.0128. The zero-order chi connectivity index (χ0) is 37.7. The van der Waals surface area contributed by atoms with Gasteiger partial charge in [-0.3, -0.25) is 0 Å². The highest BCUT2D eigenvalue weighted by atomic mass is 15.0. The van der Waals surface area contributed by atoms with Crippen molar-refractivity contribution in [1.29, 1.82) is 0 Å². The van der Waals surface area contributed by atoms with E-state index in [1.54, 1.807) is 0 Å². The standard InChI is InChI=1S/C52H43N3/c1-50(2,3)35-24-27-40-41-28-25-36(51(4,5)6)31-46(41)52(45(40)30-35)43-22-13-12-20-38(43)39-26-23-34(29-44(39)52)48-53-47(33-16-8-7-9-17-33)54-49(55-48)42-21-14-18-32-15-10-11-19-37(32)42/h7-31H,1-6H3. The van der Waals surface area contributed by atoms with E-state index in [1.165, 1.54) is 55.6 Å². The van der Waals surface area contributed by atoms with Crippen molar-refractivity contribution in [2.75, 3.05) is 0 Å². The van der Waals surface area contributed by atoms with Gasteiger partial charge >= 0.3 is 0 Å². The van der Waals surface area contributed by atoms with E-state index in [0.29, 0.717) is 17.5 Å². The normalized spacial score (nSPS) is 13.8. The molecule has 0 saturated carbocycles. The van der Waals surface area contributed by atoms with Crippen LogP contribution in [0.1, 0.15) is 74.9 Å². The Labute approximate surface area is 323 Å². The topological polar surface area (TPSA) is 38.7 Å². The van der Waals surface area contributed by atoms with Crippen LogP contribution >= 0.6 is 0 Å². The van der Waals surface area contributed by atoms with Gasteiger partial charge in [-0.05, 0) is 83.3 Å². The van der Waals surface area contributed by atoms with E-state index in [-0.39, 0.29) is 10.8 Å². The van der Waals surface area contributed by atoms with E-state index in [2.05, 4.69) is 175 Å². The van der Waals surface area contributed by atoms with Crippen LogP contribution in [0.15, 0.2) is 152 Å². The van der Waals surface area contributed by atoms with Crippen LogP contribution in [0.4, 0.5) is 0 Å². The molecule has 0 aliphatic heterocycles. The first-order valence-electron chi connectivity index (χ1n) is 19.4. The largest absolute Gasteiger partial charge is 0.208 e. The third-order valence-corrected chi connectivity index (χ3v) is 11.9. The molecule has 0 radical (unpaired) electrons. The average molecular weight is 710 g/mol. The molecule has 1 heterocycles. The molecule has 3 heteroatoms. The Morgan fingerprint density at radius 2 is 0.855 bits per heavy atom. The Bertz CT molecular complexity index is 2770. The van der Waals surface area contributed by atoms with E-state index in [9.17, 15) is 0 Å². The molecule has 8 aromatic rings. The van der Waals surface area contributed by atoms with Crippen molar-refractivity contribution in [3.63, 3.8) is 0 Å². The van der Waals surface area contributed by atoms with Crippen LogP contribution in [0, 0.1) is 0 Å². The Hall–Kier alpha value is -6.19. The fraction of sp³-hybridized carbons (Fsp3) is 0.173. The van der Waals surface area contributed by atoms with Crippen molar-refractivity contribution in [2.45, 2.75) is 57.8 Å². The molecule has 0 saturated heterocycles. The predicted molar refractivity (Wildman–Crippen MR) is 227 cm³/mol. The first-order valence-corrected chi connectivity index (χ1v) is 19.4. The number of nitrogens with zero attached hydrogens (tertiary/aromatic N) is 3. The number of aromatic nitrogens is 3. The first kappa shape index (κ1) is 33.4. The van der Waals surface area contributed by atoms with Crippen LogP contribution in [-0.2, 0) is 16.2 Å². The van der Waals surface area contributed by atoms with Crippen molar-refractivity contribution in [1.82, 2.24) is 15.0 Å². The Morgan fingerprint density at radius 1 is 0.364 bits per heavy atom. The average Bonchev–Trinajstić information content (AvgIpc) is 3.66. The molecule has 0 fully saturated rings. The summed E-state index contributed by atoms with van der Waals surface area (Å²) in [4.78, 5) is 15.7. The van der Waals surface area contributed by atoms with Crippen LogP contribution in [0.5, 0.6) is 0 Å². The number of fused-ring (bicyclic) bond motifs is 11. The van der Waals surface area contributed by atoms with E-state index in [4.69, 9.17) is 15.0 Å². The Kier molecular flexibility index (Phi) is 7.23. The molecule has 0 N–H and O–H groups in total. The number of hydrogen-bond donors (Lipinski definition) is 0. The molecule has 3 nitrogen and oxygen atoms in total. The zero-order valence-electron chi connectivity index (χ0n) is 32.3. The minimum atomic E-state index is -0.511. The summed E-state index contributed by atoms with van der Waals surface area (Å²) in [5, 5.41) is 2.27. The van der Waals surface area contributed by atoms with Crippen LogP contribution < -0.4 is 0 Å². The molecule has 1 aromatic heterocycles. The maximum absolute atomic E-state index is 5.30. The lowest BCUT2D eigenvalue weighted by molar-refractivity contribution is 0.586. The van der Waals surface area contributed by atoms with E-state index in [1.807, 2.05) is 18.2 Å². The highest BCUT2D eigenvalue weighted by molar-refractivity contribution is 5.97. The van der Waals surface area contributed by atoms with Crippen molar-refractivity contribution >= 4 is 10.8 Å². The lowest BCUT2D eigenvalue weighted by Gasteiger charge is -2.33. The number of hydrogen-bond acceptors (Lipinski definition) is 3. The van der Waals surface area contributed by atoms with Crippen molar-refractivity contribution in [3.8, 4) is 56.4 Å². The smallest absolute Gasteiger partial charge is 0.164 e. The summed E-state index contributed by atoms with van der Waals surface area (Å²) in [6.07, 6.45) is 0. The van der Waals surface area contributed by atoms with E-state index >= 15 is 0 Å².